The summed E-state index contributed by atoms with van der Waals surface area (Å²) in [4.78, 5) is 106. The van der Waals surface area contributed by atoms with Crippen LogP contribution < -0.4 is 63.0 Å². The lowest BCUT2D eigenvalue weighted by Gasteiger charge is -2.27. The lowest BCUT2D eigenvalue weighted by atomic mass is 10.1. The first kappa shape index (κ1) is 99.2. The molecule has 0 spiro atoms. The summed E-state index contributed by atoms with van der Waals surface area (Å²) in [6, 6.07) is 46.5. The van der Waals surface area contributed by atoms with E-state index in [0.29, 0.717) is 123 Å². The van der Waals surface area contributed by atoms with E-state index in [9.17, 15) is 38.4 Å². The molecule has 0 aliphatic carbocycles. The monoisotopic (exact) mass is 1780 g/mol. The van der Waals surface area contributed by atoms with E-state index in [-0.39, 0.29) is 38.6 Å². The van der Waals surface area contributed by atoms with Crippen molar-refractivity contribution in [3.05, 3.63) is 259 Å². The van der Waals surface area contributed by atoms with Gasteiger partial charge in [0, 0.05) is 154 Å². The molecule has 4 aromatic carbocycles. The Hall–Kier alpha value is -12.6. The van der Waals surface area contributed by atoms with Crippen molar-refractivity contribution in [1.82, 2.24) is 16.0 Å². The highest BCUT2D eigenvalue weighted by Gasteiger charge is 2.24. The molecule has 7 N–H and O–H groups in total. The van der Waals surface area contributed by atoms with E-state index in [4.69, 9.17) is 51.6 Å². The van der Waals surface area contributed by atoms with Crippen LogP contribution in [0.25, 0.3) is 85.6 Å². The quantitative estimate of drug-likeness (QED) is 0.0258. The summed E-state index contributed by atoms with van der Waals surface area (Å²) >= 11 is 13.7. The summed E-state index contributed by atoms with van der Waals surface area (Å²) in [5.74, 6) is 3.13. The van der Waals surface area contributed by atoms with Gasteiger partial charge in [0.25, 0.3) is 5.91 Å². The number of carboxylic acids is 2. The molecule has 0 bridgehead atoms. The lowest BCUT2D eigenvalue weighted by molar-refractivity contribution is -0.132. The number of thiol groups is 1. The van der Waals surface area contributed by atoms with Crippen molar-refractivity contribution in [3.63, 3.8) is 0 Å². The SMILES string of the molecule is C#CC(=O)NC.C#CC(=O)O.C=CC(=O)NC.C=CC(=O)O.C=CC(=O)S.C=CC(=S)NC.CN.O=c1cc(N2CCOCC2)oc2c(-c3ccccc3)csc12.O=c1cc(N2CCOCC2)oc2c(-c3ccccc3)csc12.O=c1cc(N2CCOCC2)oc2c(-c3ccccc3)csc12.O=c1cc(N2CCOCC2)oc2c(-c3ccccc3)csc12. The van der Waals surface area contributed by atoms with Crippen LogP contribution in [-0.2, 0) is 42.9 Å². The van der Waals surface area contributed by atoms with E-state index in [1.54, 1.807) is 44.4 Å². The number of morpholine rings is 4. The summed E-state index contributed by atoms with van der Waals surface area (Å²) in [6.07, 6.45) is 13.7. The van der Waals surface area contributed by atoms with Crippen LogP contribution in [0.4, 0.5) is 23.5 Å². The maximum Gasteiger partial charge on any atom is 0.381 e. The fraction of sp³-hybridized carbons (Fsp3) is 0.222. The van der Waals surface area contributed by atoms with Crippen LogP contribution in [0.5, 0.6) is 0 Å². The average molecular weight is 1780 g/mol. The second-order valence-corrected chi connectivity index (χ2v) is 29.2. The number of nitrogens with zero attached hydrogens (tertiary/aromatic N) is 4. The fourth-order valence-corrected chi connectivity index (χ4v) is 14.7. The molecule has 16 rings (SSSR count). The van der Waals surface area contributed by atoms with Gasteiger partial charge in [0.05, 0.1) is 57.8 Å². The number of nitrogens with one attached hydrogen (secondary N) is 3. The first-order valence-electron chi connectivity index (χ1n) is 37.6. The van der Waals surface area contributed by atoms with Crippen LogP contribution in [-0.4, -0.2) is 177 Å². The smallest absolute Gasteiger partial charge is 0.381 e. The number of hydrogen-bond acceptors (Lipinski definition) is 27. The second-order valence-electron chi connectivity index (χ2n) is 24.8. The molecule has 2 amide bonds. The van der Waals surface area contributed by atoms with Gasteiger partial charge in [0.15, 0.2) is 45.9 Å². The van der Waals surface area contributed by atoms with Crippen molar-refractivity contribution < 1.29 is 70.8 Å². The van der Waals surface area contributed by atoms with Crippen molar-refractivity contribution in [2.24, 2.45) is 5.73 Å². The van der Waals surface area contributed by atoms with Gasteiger partial charge in [0.2, 0.25) is 32.7 Å². The summed E-state index contributed by atoms with van der Waals surface area (Å²) < 4.78 is 48.5. The maximum atomic E-state index is 12.4. The standard InChI is InChI=1S/4C17H15NO3S.C4H7NO.C4H5NO.C4H7NS.C3H4O2.C3H2O2.C3H4OS.CH5N/c4*19-14-10-15(18-6-8-20-9-7-18)21-16-13(11-22-17(14)16)12-4-2-1-3-5-12;3*1-3-4(6)5-2;3*1-2-3(4)5;1-2/h4*1-5,10-11H,6-9H2;3H,1H2,2H3,(H,5,6);1H,2H3,(H,5,6);3H,1H2,2H3,(H,5,6);2H,1H2,(H,4,5);1H,(H,4,5);2H,1H2,(H,4,5);2H2,1H3. The fourth-order valence-electron chi connectivity index (χ4n) is 11.0. The number of ether oxygens (including phenoxy) is 4. The van der Waals surface area contributed by atoms with Gasteiger partial charge in [-0.15, -0.1) is 70.8 Å². The minimum atomic E-state index is -1.22. The molecule has 0 saturated carbocycles. The minimum absolute atomic E-state index is 0.0231. The zero-order valence-corrected chi connectivity index (χ0v) is 72.9. The number of carboxylic acid groups (broad SMARTS) is 2. The van der Waals surface area contributed by atoms with Crippen molar-refractivity contribution in [3.8, 4) is 69.2 Å². The zero-order chi connectivity index (χ0) is 89.6. The highest BCUT2D eigenvalue weighted by Crippen LogP contribution is 2.39. The third kappa shape index (κ3) is 31.1. The Morgan fingerprint density at radius 3 is 0.797 bits per heavy atom. The van der Waals surface area contributed by atoms with Gasteiger partial charge < -0.3 is 88.1 Å². The molecule has 12 heterocycles. The molecule has 4 fully saturated rings. The number of carbonyl (C=O) groups is 5. The molecular formula is C90H94N8O19S6. The van der Waals surface area contributed by atoms with Gasteiger partial charge in [-0.1, -0.05) is 160 Å². The topological polar surface area (TPSA) is 359 Å². The van der Waals surface area contributed by atoms with Crippen LogP contribution >= 0.6 is 70.2 Å². The average Bonchev–Trinajstić information content (AvgIpc) is 1.67. The van der Waals surface area contributed by atoms with E-state index >= 15 is 0 Å². The number of likely N-dealkylation sites (N-methyl/N-ethyl adjacent to an activating group) is 2. The van der Waals surface area contributed by atoms with Crippen LogP contribution in [0.2, 0.25) is 0 Å². The molecule has 27 nitrogen and oxygen atoms in total. The molecule has 4 aliphatic heterocycles. The normalized spacial score (nSPS) is 12.7. The number of thiophene rings is 4. The lowest BCUT2D eigenvalue weighted by Crippen LogP contribution is -2.36. The Kier molecular flexibility index (Phi) is 43.5. The first-order valence-corrected chi connectivity index (χ1v) is 42.0. The number of terminal acetylenes is 2. The van der Waals surface area contributed by atoms with Gasteiger partial charge in [-0.05, 0) is 53.4 Å². The predicted molar refractivity (Wildman–Crippen MR) is 503 cm³/mol. The molecule has 4 aliphatic rings. The molecule has 8 aromatic heterocycles. The molecule has 4 saturated heterocycles. The third-order valence-electron chi connectivity index (χ3n) is 17.0. The number of anilines is 4. The molecule has 123 heavy (non-hydrogen) atoms. The molecule has 644 valence electrons. The third-order valence-corrected chi connectivity index (χ3v) is 21.5. The van der Waals surface area contributed by atoms with Gasteiger partial charge in [-0.2, -0.15) is 0 Å². The Morgan fingerprint density at radius 1 is 0.423 bits per heavy atom. The Balaban J connectivity index is 0.000000225. The van der Waals surface area contributed by atoms with E-state index in [2.05, 4.69) is 105 Å². The number of carbonyl (C=O) groups excluding carboxylic acids is 3. The Labute approximate surface area is 737 Å². The Bertz CT molecular complexity index is 5170. The number of aliphatic carboxylic acids is 2. The van der Waals surface area contributed by atoms with Gasteiger partial charge in [0.1, 0.15) is 18.8 Å². The van der Waals surface area contributed by atoms with Gasteiger partial charge in [-0.3, -0.25) is 33.6 Å². The summed E-state index contributed by atoms with van der Waals surface area (Å²) in [5, 5.41) is 30.1. The predicted octanol–water partition coefficient (Wildman–Crippen LogP) is 13.6. The first-order chi connectivity index (χ1) is 59.5. The largest absolute Gasteiger partial charge is 0.478 e. The molecule has 12 aromatic rings. The maximum absolute atomic E-state index is 12.4. The second kappa shape index (κ2) is 53.9. The summed E-state index contributed by atoms with van der Waals surface area (Å²) in [7, 11) is 6.32. The van der Waals surface area contributed by atoms with Crippen LogP contribution in [0, 0.1) is 24.7 Å². The number of hydrogen-bond donors (Lipinski definition) is 7. The molecule has 33 heteroatoms. The number of benzene rings is 4. The van der Waals surface area contributed by atoms with Crippen molar-refractivity contribution >= 4 is 169 Å². The Morgan fingerprint density at radius 2 is 0.659 bits per heavy atom. The highest BCUT2D eigenvalue weighted by atomic mass is 32.1. The van der Waals surface area contributed by atoms with E-state index in [0.717, 1.165) is 109 Å². The minimum Gasteiger partial charge on any atom is -0.478 e. The van der Waals surface area contributed by atoms with Crippen molar-refractivity contribution in [2.75, 3.05) is 153 Å². The van der Waals surface area contributed by atoms with Crippen LogP contribution in [0.1, 0.15) is 0 Å². The van der Waals surface area contributed by atoms with E-state index in [1.807, 2.05) is 149 Å². The zero-order valence-electron chi connectivity index (χ0n) is 68.0. The van der Waals surface area contributed by atoms with Crippen molar-refractivity contribution in [1.29, 1.82) is 0 Å². The van der Waals surface area contributed by atoms with Crippen LogP contribution in [0.15, 0.2) is 255 Å². The molecule has 0 atom stereocenters. The van der Waals surface area contributed by atoms with Crippen LogP contribution in [0.3, 0.4) is 0 Å². The van der Waals surface area contributed by atoms with Gasteiger partial charge in [-0.25, -0.2) is 9.59 Å². The summed E-state index contributed by atoms with van der Waals surface area (Å²) in [5.41, 5.74) is 15.5. The van der Waals surface area contributed by atoms with E-state index in [1.165, 1.54) is 71.4 Å². The number of fused-ring (bicyclic) bond motifs is 4. The molecule has 0 unspecified atom stereocenters. The molecular weight excluding hydrogens is 1690 g/mol. The summed E-state index contributed by atoms with van der Waals surface area (Å²) in [6.45, 7) is 24.0. The van der Waals surface area contributed by atoms with Crippen molar-refractivity contribution in [2.45, 2.75) is 0 Å². The number of nitrogens with two attached hydrogens (primary N) is 1. The molecule has 0 radical (unpaired) electrons. The number of rotatable bonds is 12. The highest BCUT2D eigenvalue weighted by molar-refractivity contribution is 7.97. The van der Waals surface area contributed by atoms with E-state index < -0.39 is 11.9 Å². The number of amides is 2. The van der Waals surface area contributed by atoms with Gasteiger partial charge >= 0.3 is 11.9 Å². The number of thiocarbonyl (C=S) groups is 1.